The highest BCUT2D eigenvalue weighted by Gasteiger charge is 2.34. The summed E-state index contributed by atoms with van der Waals surface area (Å²) in [5.74, 6) is 0.730. The van der Waals surface area contributed by atoms with E-state index < -0.39 is 0 Å². The van der Waals surface area contributed by atoms with Gasteiger partial charge in [0.1, 0.15) is 0 Å². The number of nitrogens with zero attached hydrogens (tertiary/aromatic N) is 4. The molecule has 7 aromatic carbocycles. The van der Waals surface area contributed by atoms with Gasteiger partial charge in [-0.2, -0.15) is 0 Å². The lowest BCUT2D eigenvalue weighted by molar-refractivity contribution is 0.271. The monoisotopic (exact) mass is 694 g/mol. The molecule has 4 heterocycles. The van der Waals surface area contributed by atoms with Crippen LogP contribution in [0.5, 0.6) is 0 Å². The minimum absolute atomic E-state index is 0.0603. The highest BCUT2D eigenvalue weighted by molar-refractivity contribution is 6.25. The van der Waals surface area contributed by atoms with Crippen molar-refractivity contribution < 1.29 is 0 Å². The van der Waals surface area contributed by atoms with E-state index in [4.69, 9.17) is 9.98 Å². The van der Waals surface area contributed by atoms with E-state index in [1.165, 1.54) is 65.6 Å². The summed E-state index contributed by atoms with van der Waals surface area (Å²) in [7, 11) is 0. The van der Waals surface area contributed by atoms with Crippen LogP contribution in [0.2, 0.25) is 0 Å². The Morgan fingerprint density at radius 1 is 0.500 bits per heavy atom. The highest BCUT2D eigenvalue weighted by Crippen LogP contribution is 2.44. The molecule has 0 saturated carbocycles. The van der Waals surface area contributed by atoms with E-state index in [-0.39, 0.29) is 11.5 Å². The Morgan fingerprint density at radius 2 is 1.04 bits per heavy atom. The molecule has 0 radical (unpaired) electrons. The third-order valence-electron chi connectivity index (χ3n) is 11.9. The summed E-state index contributed by atoms with van der Waals surface area (Å²) in [6.45, 7) is 4.71. The van der Waals surface area contributed by atoms with E-state index in [1.54, 1.807) is 0 Å². The zero-order valence-corrected chi connectivity index (χ0v) is 30.4. The molecule has 0 spiro atoms. The van der Waals surface area contributed by atoms with E-state index in [0.717, 1.165) is 41.1 Å². The Labute approximate surface area is 313 Å². The van der Waals surface area contributed by atoms with Crippen molar-refractivity contribution >= 4 is 71.6 Å². The lowest BCUT2D eigenvalue weighted by atomic mass is 9.76. The Hall–Kier alpha value is -6.52. The third kappa shape index (κ3) is 4.63. The fourth-order valence-electron chi connectivity index (χ4n) is 9.17. The van der Waals surface area contributed by atoms with Crippen molar-refractivity contribution in [2.75, 3.05) is 0 Å². The van der Waals surface area contributed by atoms with E-state index in [1.807, 2.05) is 0 Å². The van der Waals surface area contributed by atoms with Crippen molar-refractivity contribution in [1.29, 1.82) is 0 Å². The van der Waals surface area contributed by atoms with E-state index >= 15 is 0 Å². The van der Waals surface area contributed by atoms with Crippen LogP contribution in [0.1, 0.15) is 43.9 Å². The van der Waals surface area contributed by atoms with Crippen LogP contribution in [0, 0.1) is 5.41 Å². The van der Waals surface area contributed by atoms with Crippen LogP contribution in [-0.4, -0.2) is 20.6 Å². The number of hydrogen-bond donors (Lipinski definition) is 0. The first-order valence-electron chi connectivity index (χ1n) is 19.0. The Balaban J connectivity index is 1.16. The molecule has 0 N–H and O–H groups in total. The SMILES string of the molecule is CC1(C)CC/C(c2ccccc2)=N\C(n2c3ccccc3c3cc(-c4cc5c6ccccc6n6c7ccccc7c(c4)c56)ccc32)=N/C1c1ccccc1. The van der Waals surface area contributed by atoms with Gasteiger partial charge in [0, 0.05) is 32.3 Å². The molecular formula is C50H38N4. The lowest BCUT2D eigenvalue weighted by Gasteiger charge is -2.34. The fraction of sp³-hybridized carbons (Fsp3) is 0.120. The average molecular weight is 695 g/mol. The highest BCUT2D eigenvalue weighted by atomic mass is 15.2. The van der Waals surface area contributed by atoms with Crippen LogP contribution in [0.25, 0.3) is 71.0 Å². The predicted molar refractivity (Wildman–Crippen MR) is 228 cm³/mol. The van der Waals surface area contributed by atoms with Gasteiger partial charge in [-0.25, -0.2) is 9.98 Å². The van der Waals surface area contributed by atoms with Crippen molar-refractivity contribution in [2.24, 2.45) is 15.4 Å². The molecule has 11 rings (SSSR count). The third-order valence-corrected chi connectivity index (χ3v) is 11.9. The van der Waals surface area contributed by atoms with Gasteiger partial charge < -0.3 is 4.40 Å². The van der Waals surface area contributed by atoms with Crippen molar-refractivity contribution in [3.63, 3.8) is 0 Å². The molecule has 1 atom stereocenters. The Morgan fingerprint density at radius 3 is 1.70 bits per heavy atom. The molecule has 10 aromatic rings. The summed E-state index contributed by atoms with van der Waals surface area (Å²) in [6, 6.07) is 59.4. The quantitative estimate of drug-likeness (QED) is 0.176. The molecule has 4 nitrogen and oxygen atoms in total. The zero-order valence-electron chi connectivity index (χ0n) is 30.4. The molecule has 0 fully saturated rings. The zero-order chi connectivity index (χ0) is 36.0. The van der Waals surface area contributed by atoms with E-state index in [0.29, 0.717) is 0 Å². The topological polar surface area (TPSA) is 34.1 Å². The summed E-state index contributed by atoms with van der Waals surface area (Å²) < 4.78 is 4.75. The summed E-state index contributed by atoms with van der Waals surface area (Å²) in [4.78, 5) is 11.2. The van der Waals surface area contributed by atoms with Gasteiger partial charge in [-0.05, 0) is 83.0 Å². The minimum atomic E-state index is -0.101. The smallest absolute Gasteiger partial charge is 0.230 e. The molecule has 258 valence electrons. The number of aliphatic imine (C=N–C) groups is 2. The molecule has 1 unspecified atom stereocenters. The van der Waals surface area contributed by atoms with Crippen molar-refractivity contribution in [2.45, 2.75) is 32.7 Å². The molecule has 0 bridgehead atoms. The fourth-order valence-corrected chi connectivity index (χ4v) is 9.17. The van der Waals surface area contributed by atoms with E-state index in [2.05, 4.69) is 187 Å². The second-order valence-electron chi connectivity index (χ2n) is 15.5. The number of fused-ring (bicyclic) bond motifs is 9. The van der Waals surface area contributed by atoms with Crippen LogP contribution in [0.15, 0.2) is 174 Å². The number of para-hydroxylation sites is 3. The Kier molecular flexibility index (Phi) is 6.75. The standard InChI is InChI=1S/C50H38N4/c1-50(2)28-27-42(32-15-5-3-6-16-32)51-49(52-48(50)33-17-7-4-8-18-33)54-45-24-14-9-19-36(45)39-29-34(25-26-46(39)54)35-30-40-37-20-10-12-22-43(37)53-44-23-13-11-21-38(44)41(31-35)47(40)53/h3-26,29-31,48H,27-28H2,1-2H3/b51-42+,52-49+. The number of rotatable bonds is 3. The molecule has 54 heavy (non-hydrogen) atoms. The molecule has 4 heteroatoms. The largest absolute Gasteiger partial charge is 0.308 e. The molecular weight excluding hydrogens is 657 g/mol. The summed E-state index contributed by atoms with van der Waals surface area (Å²) in [5.41, 5.74) is 11.8. The predicted octanol–water partition coefficient (Wildman–Crippen LogP) is 12.9. The van der Waals surface area contributed by atoms with Gasteiger partial charge in [0.25, 0.3) is 0 Å². The van der Waals surface area contributed by atoms with Crippen LogP contribution in [0.4, 0.5) is 0 Å². The second kappa shape index (κ2) is 11.7. The molecule has 0 amide bonds. The van der Waals surface area contributed by atoms with Crippen molar-refractivity contribution in [1.82, 2.24) is 8.97 Å². The van der Waals surface area contributed by atoms with Crippen LogP contribution in [0.3, 0.4) is 0 Å². The van der Waals surface area contributed by atoms with E-state index in [9.17, 15) is 0 Å². The number of benzene rings is 7. The van der Waals surface area contributed by atoms with Gasteiger partial charge in [-0.3, -0.25) is 4.57 Å². The van der Waals surface area contributed by atoms with Gasteiger partial charge in [-0.15, -0.1) is 0 Å². The lowest BCUT2D eigenvalue weighted by Crippen LogP contribution is -2.27. The molecule has 0 aliphatic carbocycles. The normalized spacial score (nSPS) is 18.3. The number of aromatic nitrogens is 2. The molecule has 1 aliphatic rings. The second-order valence-corrected chi connectivity index (χ2v) is 15.5. The van der Waals surface area contributed by atoms with Crippen LogP contribution >= 0.6 is 0 Å². The molecule has 0 saturated heterocycles. The summed E-state index contributed by atoms with van der Waals surface area (Å²) >= 11 is 0. The van der Waals surface area contributed by atoms with Crippen molar-refractivity contribution in [3.8, 4) is 11.1 Å². The van der Waals surface area contributed by atoms with Crippen molar-refractivity contribution in [3.05, 3.63) is 175 Å². The average Bonchev–Trinajstić information content (AvgIpc) is 3.85. The van der Waals surface area contributed by atoms with Gasteiger partial charge in [0.2, 0.25) is 5.96 Å². The maximum absolute atomic E-state index is 5.65. The molecule has 3 aromatic heterocycles. The van der Waals surface area contributed by atoms with Gasteiger partial charge in [0.15, 0.2) is 0 Å². The minimum Gasteiger partial charge on any atom is -0.308 e. The van der Waals surface area contributed by atoms with Gasteiger partial charge in [-0.1, -0.05) is 135 Å². The summed E-state index contributed by atoms with van der Waals surface area (Å²) in [6.07, 6.45) is 1.84. The van der Waals surface area contributed by atoms with Gasteiger partial charge in [0.05, 0.1) is 39.3 Å². The Bertz CT molecular complexity index is 3040. The maximum Gasteiger partial charge on any atom is 0.230 e. The van der Waals surface area contributed by atoms with Gasteiger partial charge >= 0.3 is 0 Å². The maximum atomic E-state index is 5.65. The first-order valence-corrected chi connectivity index (χ1v) is 19.0. The molecule has 1 aliphatic heterocycles. The first kappa shape index (κ1) is 31.0. The van der Waals surface area contributed by atoms with Crippen LogP contribution in [-0.2, 0) is 0 Å². The first-order chi connectivity index (χ1) is 26.5. The van der Waals surface area contributed by atoms with Crippen LogP contribution < -0.4 is 0 Å². The summed E-state index contributed by atoms with van der Waals surface area (Å²) in [5, 5.41) is 7.54. The number of hydrogen-bond acceptors (Lipinski definition) is 2.